The second-order valence-electron chi connectivity index (χ2n) is 7.58. The molecule has 3 heterocycles. The van der Waals surface area contributed by atoms with E-state index < -0.39 is 0 Å². The number of fused-ring (bicyclic) bond motifs is 1. The molecule has 1 saturated heterocycles. The molecule has 0 aromatic carbocycles. The first kappa shape index (κ1) is 19.0. The zero-order valence-electron chi connectivity index (χ0n) is 16.5. The molecule has 6 heteroatoms. The minimum atomic E-state index is 0.0293. The fourth-order valence-electron chi connectivity index (χ4n) is 4.15. The van der Waals surface area contributed by atoms with Crippen molar-refractivity contribution in [1.82, 2.24) is 24.3 Å². The fourth-order valence-corrected chi connectivity index (χ4v) is 4.15. The maximum absolute atomic E-state index is 13.0. The van der Waals surface area contributed by atoms with E-state index in [4.69, 9.17) is 4.98 Å². The van der Waals surface area contributed by atoms with Gasteiger partial charge in [-0.15, -0.1) is 0 Å². The van der Waals surface area contributed by atoms with Gasteiger partial charge in [0.25, 0.3) is 5.56 Å². The highest BCUT2D eigenvalue weighted by Gasteiger charge is 2.28. The van der Waals surface area contributed by atoms with Crippen molar-refractivity contribution in [2.24, 2.45) is 5.92 Å². The molecule has 2 atom stereocenters. The zero-order chi connectivity index (χ0) is 18.7. The van der Waals surface area contributed by atoms with E-state index in [1.165, 1.54) is 0 Å². The van der Waals surface area contributed by atoms with Crippen LogP contribution in [0.25, 0.3) is 10.9 Å². The van der Waals surface area contributed by atoms with Gasteiger partial charge in [-0.2, -0.15) is 0 Å². The second kappa shape index (κ2) is 8.27. The van der Waals surface area contributed by atoms with Crippen LogP contribution in [0.1, 0.15) is 45.5 Å². The van der Waals surface area contributed by atoms with E-state index in [0.717, 1.165) is 50.4 Å². The van der Waals surface area contributed by atoms with Crippen molar-refractivity contribution in [3.63, 3.8) is 0 Å². The summed E-state index contributed by atoms with van der Waals surface area (Å²) in [4.78, 5) is 27.0. The highest BCUT2D eigenvalue weighted by molar-refractivity contribution is 5.76. The number of aromatic nitrogens is 3. The summed E-state index contributed by atoms with van der Waals surface area (Å²) in [5.41, 5.74) is 0.785. The summed E-state index contributed by atoms with van der Waals surface area (Å²) >= 11 is 0. The van der Waals surface area contributed by atoms with Gasteiger partial charge in [-0.1, -0.05) is 20.3 Å². The van der Waals surface area contributed by atoms with Gasteiger partial charge in [0.1, 0.15) is 5.82 Å². The first-order valence-electron chi connectivity index (χ1n) is 9.82. The molecule has 2 aromatic heterocycles. The molecule has 1 fully saturated rings. The van der Waals surface area contributed by atoms with Gasteiger partial charge >= 0.3 is 0 Å². The van der Waals surface area contributed by atoms with Crippen molar-refractivity contribution in [1.29, 1.82) is 0 Å². The van der Waals surface area contributed by atoms with E-state index >= 15 is 0 Å². The van der Waals surface area contributed by atoms with Crippen molar-refractivity contribution in [3.05, 3.63) is 34.6 Å². The molecule has 0 N–H and O–H groups in total. The van der Waals surface area contributed by atoms with E-state index in [-0.39, 0.29) is 11.6 Å². The summed E-state index contributed by atoms with van der Waals surface area (Å²) in [6.07, 6.45) is 5.43. The smallest absolute Gasteiger partial charge is 0.262 e. The minimum absolute atomic E-state index is 0.0293. The Morgan fingerprint density at radius 2 is 2.08 bits per heavy atom. The number of hydrogen-bond donors (Lipinski definition) is 0. The molecule has 142 valence electrons. The second-order valence-corrected chi connectivity index (χ2v) is 7.58. The summed E-state index contributed by atoms with van der Waals surface area (Å²) in [6, 6.07) is 2.03. The van der Waals surface area contributed by atoms with Crippen LogP contribution in [0.3, 0.4) is 0 Å². The summed E-state index contributed by atoms with van der Waals surface area (Å²) < 4.78 is 1.85. The summed E-state index contributed by atoms with van der Waals surface area (Å²) in [6.45, 7) is 11.4. The van der Waals surface area contributed by atoms with Crippen LogP contribution < -0.4 is 5.56 Å². The lowest BCUT2D eigenvalue weighted by molar-refractivity contribution is 0.167. The third-order valence-electron chi connectivity index (χ3n) is 5.34. The molecular formula is C20H31N5O. The van der Waals surface area contributed by atoms with E-state index in [0.29, 0.717) is 17.8 Å². The topological polar surface area (TPSA) is 54.3 Å². The molecule has 6 nitrogen and oxygen atoms in total. The van der Waals surface area contributed by atoms with Gasteiger partial charge in [0.2, 0.25) is 0 Å². The van der Waals surface area contributed by atoms with Crippen LogP contribution in [0.15, 0.2) is 23.3 Å². The van der Waals surface area contributed by atoms with Gasteiger partial charge in [0.15, 0.2) is 0 Å². The van der Waals surface area contributed by atoms with E-state index in [9.17, 15) is 4.79 Å². The van der Waals surface area contributed by atoms with Gasteiger partial charge < -0.3 is 4.90 Å². The Kier molecular flexibility index (Phi) is 6.04. The molecule has 0 unspecified atom stereocenters. The summed E-state index contributed by atoms with van der Waals surface area (Å²) in [5.74, 6) is 1.52. The Hall–Kier alpha value is -1.79. The average molecular weight is 358 g/mol. The predicted octanol–water partition coefficient (Wildman–Crippen LogP) is 2.54. The van der Waals surface area contributed by atoms with Gasteiger partial charge in [-0.05, 0) is 32.4 Å². The normalized spacial score (nSPS) is 21.0. The quantitative estimate of drug-likeness (QED) is 0.823. The lowest BCUT2D eigenvalue weighted by Gasteiger charge is -2.32. The number of pyridine rings is 1. The first-order valence-corrected chi connectivity index (χ1v) is 9.82. The molecule has 2 aromatic rings. The molecule has 0 radical (unpaired) electrons. The molecule has 0 spiro atoms. The van der Waals surface area contributed by atoms with Gasteiger partial charge in [-0.25, -0.2) is 4.98 Å². The lowest BCUT2D eigenvalue weighted by Crippen LogP contribution is -2.38. The Balaban J connectivity index is 2.08. The van der Waals surface area contributed by atoms with Crippen LogP contribution in [0.5, 0.6) is 0 Å². The fraction of sp³-hybridized carbons (Fsp3) is 0.650. The summed E-state index contributed by atoms with van der Waals surface area (Å²) in [5, 5.41) is 0.609. The van der Waals surface area contributed by atoms with Crippen LogP contribution in [0.2, 0.25) is 0 Å². The van der Waals surface area contributed by atoms with E-state index in [2.05, 4.69) is 35.7 Å². The van der Waals surface area contributed by atoms with Crippen LogP contribution in [0, 0.1) is 5.92 Å². The largest absolute Gasteiger partial charge is 0.305 e. The van der Waals surface area contributed by atoms with Crippen LogP contribution in [-0.4, -0.2) is 57.6 Å². The van der Waals surface area contributed by atoms with E-state index in [1.807, 2.05) is 17.6 Å². The maximum Gasteiger partial charge on any atom is 0.262 e. The Morgan fingerprint density at radius 3 is 2.81 bits per heavy atom. The summed E-state index contributed by atoms with van der Waals surface area (Å²) in [7, 11) is 2.19. The van der Waals surface area contributed by atoms with Gasteiger partial charge in [0, 0.05) is 45.1 Å². The van der Waals surface area contributed by atoms with Crippen molar-refractivity contribution in [3.8, 4) is 0 Å². The Bertz CT molecular complexity index is 802. The molecule has 0 saturated carbocycles. The third kappa shape index (κ3) is 3.81. The molecule has 0 aliphatic carbocycles. The maximum atomic E-state index is 13.0. The number of hydrogen-bond acceptors (Lipinski definition) is 5. The Labute approximate surface area is 155 Å². The SMILES string of the molecule is CCC[C@H](c1nc2ccncc2c(=O)n1CC)N1CCN(C)C[C@@H](C)C1. The average Bonchev–Trinajstić information content (AvgIpc) is 2.79. The van der Waals surface area contributed by atoms with E-state index in [1.54, 1.807) is 12.4 Å². The van der Waals surface area contributed by atoms with Crippen molar-refractivity contribution in [2.75, 3.05) is 33.2 Å². The first-order chi connectivity index (χ1) is 12.5. The lowest BCUT2D eigenvalue weighted by atomic mass is 10.1. The monoisotopic (exact) mass is 357 g/mol. The molecule has 26 heavy (non-hydrogen) atoms. The molecule has 0 amide bonds. The standard InChI is InChI=1S/C20H31N5O/c1-5-7-18(24-11-10-23(4)13-15(3)14-24)19-22-17-8-9-21-12-16(17)20(26)25(19)6-2/h8-9,12,15,18H,5-7,10-11,13-14H2,1-4H3/t15-,18-/m1/s1. The molecule has 1 aliphatic heterocycles. The molecule has 1 aliphatic rings. The third-order valence-corrected chi connectivity index (χ3v) is 5.34. The van der Waals surface area contributed by atoms with Crippen LogP contribution in [0.4, 0.5) is 0 Å². The Morgan fingerprint density at radius 1 is 1.27 bits per heavy atom. The highest BCUT2D eigenvalue weighted by Crippen LogP contribution is 2.27. The number of likely N-dealkylation sites (N-methyl/N-ethyl adjacent to an activating group) is 1. The van der Waals surface area contributed by atoms with Crippen molar-refractivity contribution >= 4 is 10.9 Å². The number of nitrogens with zero attached hydrogens (tertiary/aromatic N) is 5. The van der Waals surface area contributed by atoms with Crippen LogP contribution >= 0.6 is 0 Å². The molecule has 3 rings (SSSR count). The molecule has 0 bridgehead atoms. The molecular weight excluding hydrogens is 326 g/mol. The van der Waals surface area contributed by atoms with Crippen molar-refractivity contribution < 1.29 is 0 Å². The number of rotatable bonds is 5. The van der Waals surface area contributed by atoms with Gasteiger partial charge in [0.05, 0.1) is 16.9 Å². The minimum Gasteiger partial charge on any atom is -0.305 e. The predicted molar refractivity (Wildman–Crippen MR) is 105 cm³/mol. The highest BCUT2D eigenvalue weighted by atomic mass is 16.1. The van der Waals surface area contributed by atoms with Gasteiger partial charge in [-0.3, -0.25) is 19.2 Å². The van der Waals surface area contributed by atoms with Crippen molar-refractivity contribution in [2.45, 2.75) is 46.2 Å². The van der Waals surface area contributed by atoms with Crippen LogP contribution in [-0.2, 0) is 6.54 Å². The zero-order valence-corrected chi connectivity index (χ0v) is 16.5.